The number of halogens is 4. The highest BCUT2D eigenvalue weighted by atomic mass is 79.9. The lowest BCUT2D eigenvalue weighted by Gasteiger charge is -2.07. The Labute approximate surface area is 87.9 Å². The third-order valence-electron chi connectivity index (χ3n) is 1.02. The lowest BCUT2D eigenvalue weighted by Crippen LogP contribution is -2.08. The zero-order valence-corrected chi connectivity index (χ0v) is 7.45. The highest BCUT2D eigenvalue weighted by molar-refractivity contribution is 9.10. The van der Waals surface area contributed by atoms with Crippen LogP contribution in [0.5, 0.6) is 5.88 Å². The minimum absolute atomic E-state index is 0.538. The summed E-state index contributed by atoms with van der Waals surface area (Å²) in [5, 5.41) is 0. The molecule has 0 N–H and O–H groups in total. The summed E-state index contributed by atoms with van der Waals surface area (Å²) in [6.07, 6.45) is -4.94. The van der Waals surface area contributed by atoms with Crippen LogP contribution in [0, 0.1) is 0 Å². The molecule has 1 heterocycles. The number of hydrogen-bond donors (Lipinski definition) is 0. The Balaban J connectivity index is 3.42. The maximum absolute atomic E-state index is 12.5. The normalized spacial score (nSPS) is 18.0. The Morgan fingerprint density at radius 1 is 1.62 bits per heavy atom. The van der Waals surface area contributed by atoms with Gasteiger partial charge in [-0.25, -0.2) is 4.98 Å². The molecule has 0 radical (unpaired) electrons. The van der Waals surface area contributed by atoms with E-state index in [-0.39, 0.29) is 0 Å². The average molecular weight is 261 g/mol. The fourth-order valence-electron chi connectivity index (χ4n) is 0.569. The third kappa shape index (κ3) is 2.58. The van der Waals surface area contributed by atoms with Crippen LogP contribution in [-0.4, -0.2) is 12.0 Å². The van der Waals surface area contributed by atoms with Crippen molar-refractivity contribution in [1.82, 2.24) is 4.98 Å². The van der Waals surface area contributed by atoms with Crippen LogP contribution in [0.1, 0.15) is 12.5 Å². The average Bonchev–Trinajstić information content (AvgIpc) is 2.15. The third-order valence-corrected chi connectivity index (χ3v) is 1.42. The monoisotopic (exact) mass is 260 g/mol. The van der Waals surface area contributed by atoms with E-state index in [9.17, 15) is 13.2 Å². The fraction of sp³-hybridized carbons (Fsp3) is 0.286. The van der Waals surface area contributed by atoms with Crippen molar-refractivity contribution in [2.75, 3.05) is 7.04 Å². The lowest BCUT2D eigenvalue weighted by molar-refractivity contribution is -0.141. The van der Waals surface area contributed by atoms with E-state index in [1.165, 1.54) is 0 Å². The van der Waals surface area contributed by atoms with Crippen molar-refractivity contribution >= 4 is 15.9 Å². The van der Waals surface area contributed by atoms with Crippen molar-refractivity contribution in [3.8, 4) is 5.88 Å². The molecule has 0 atom stereocenters. The van der Waals surface area contributed by atoms with Crippen molar-refractivity contribution < 1.29 is 24.8 Å². The summed E-state index contributed by atoms with van der Waals surface area (Å²) in [5.41, 5.74) is -1.62. The van der Waals surface area contributed by atoms with E-state index in [1.54, 1.807) is 0 Å². The largest absolute Gasteiger partial charge is 0.481 e. The van der Waals surface area contributed by atoms with Gasteiger partial charge in [0.1, 0.15) is 5.69 Å². The van der Waals surface area contributed by atoms with E-state index in [0.717, 1.165) is 0 Å². The van der Waals surface area contributed by atoms with Crippen molar-refractivity contribution in [1.29, 1.82) is 0 Å². The van der Waals surface area contributed by atoms with Crippen LogP contribution in [0.3, 0.4) is 0 Å². The van der Waals surface area contributed by atoms with Crippen molar-refractivity contribution in [2.45, 2.75) is 6.18 Å². The maximum atomic E-state index is 12.5. The Morgan fingerprint density at radius 2 is 2.31 bits per heavy atom. The first kappa shape index (κ1) is 5.19. The zero-order valence-electron chi connectivity index (χ0n) is 10.9. The van der Waals surface area contributed by atoms with E-state index >= 15 is 0 Å². The van der Waals surface area contributed by atoms with Crippen LogP contribution in [0.2, 0.25) is 0 Å². The van der Waals surface area contributed by atoms with Gasteiger partial charge in [-0.3, -0.25) is 0 Å². The van der Waals surface area contributed by atoms with Crippen LogP contribution >= 0.6 is 15.9 Å². The molecule has 1 aromatic heterocycles. The Morgan fingerprint density at radius 3 is 2.85 bits per heavy atom. The second kappa shape index (κ2) is 3.53. The number of rotatable bonds is 1. The highest BCUT2D eigenvalue weighted by Gasteiger charge is 2.33. The molecule has 0 amide bonds. The van der Waals surface area contributed by atoms with E-state index in [0.29, 0.717) is 0 Å². The van der Waals surface area contributed by atoms with Crippen molar-refractivity contribution in [3.63, 3.8) is 0 Å². The summed E-state index contributed by atoms with van der Waals surface area (Å²) < 4.78 is 76.0. The number of pyridine rings is 1. The summed E-state index contributed by atoms with van der Waals surface area (Å²) in [6, 6.07) is -1.78. The zero-order chi connectivity index (χ0) is 14.3. The summed E-state index contributed by atoms with van der Waals surface area (Å²) in [7, 11) is -3.03. The smallest absolute Gasteiger partial charge is 0.433 e. The van der Waals surface area contributed by atoms with Gasteiger partial charge in [0.15, 0.2) is 0 Å². The molecule has 0 saturated carbocycles. The molecular weight excluding hydrogens is 251 g/mol. The van der Waals surface area contributed by atoms with E-state index in [1.807, 2.05) is 0 Å². The second-order valence-corrected chi connectivity index (χ2v) is 2.72. The van der Waals surface area contributed by atoms with Gasteiger partial charge in [0.2, 0.25) is 5.88 Å². The minimum atomic E-state index is -4.94. The molecule has 0 aliphatic heterocycles. The van der Waals surface area contributed by atoms with Crippen LogP contribution in [-0.2, 0) is 6.18 Å². The molecule has 1 rings (SSSR count). The van der Waals surface area contributed by atoms with Gasteiger partial charge in [-0.1, -0.05) is 15.9 Å². The Kier molecular flexibility index (Phi) is 1.41. The molecule has 0 aliphatic carbocycles. The molecule has 2 nitrogen and oxygen atoms in total. The highest BCUT2D eigenvalue weighted by Crippen LogP contribution is 2.31. The number of nitrogens with zero attached hydrogens (tertiary/aromatic N) is 1. The van der Waals surface area contributed by atoms with Gasteiger partial charge in [0, 0.05) is 10.5 Å². The van der Waals surface area contributed by atoms with E-state index in [4.69, 9.17) is 6.85 Å². The van der Waals surface area contributed by atoms with Gasteiger partial charge < -0.3 is 4.74 Å². The number of methoxy groups -OCH3 is 1. The summed E-state index contributed by atoms with van der Waals surface area (Å²) in [5.74, 6) is -1.01. The predicted molar refractivity (Wildman–Crippen MR) is 43.5 cm³/mol. The van der Waals surface area contributed by atoms with Gasteiger partial charge in [-0.15, -0.1) is 0 Å². The topological polar surface area (TPSA) is 22.1 Å². The van der Waals surface area contributed by atoms with Gasteiger partial charge in [0.05, 0.1) is 13.9 Å². The molecule has 0 bridgehead atoms. The Bertz CT molecular complexity index is 476. The molecule has 0 unspecified atom stereocenters. The lowest BCUT2D eigenvalue weighted by atomic mass is 10.3. The first-order chi connectivity index (χ1) is 7.93. The number of hydrogen-bond acceptors (Lipinski definition) is 2. The van der Waals surface area contributed by atoms with E-state index in [2.05, 4.69) is 25.7 Å². The molecule has 0 aromatic carbocycles. The molecular formula is C7H5BrF3NO. The molecule has 0 aliphatic rings. The summed E-state index contributed by atoms with van der Waals surface area (Å²) >= 11 is 2.60. The number of ether oxygens (including phenoxy) is 1. The molecule has 1 aromatic rings. The predicted octanol–water partition coefficient (Wildman–Crippen LogP) is 2.87. The molecule has 0 saturated heterocycles. The van der Waals surface area contributed by atoms with Crippen LogP contribution in [0.15, 0.2) is 16.6 Å². The van der Waals surface area contributed by atoms with Gasteiger partial charge in [-0.05, 0) is 6.04 Å². The van der Waals surface area contributed by atoms with Crippen molar-refractivity contribution in [3.05, 3.63) is 22.3 Å². The minimum Gasteiger partial charge on any atom is -0.481 e. The standard InChI is InChI=1S/C7H5BrF3NO/c1-13-6-3-4(8)2-5(12-6)7(9,10)11/h2-3H,1H3/i1D3,2D,3D. The summed E-state index contributed by atoms with van der Waals surface area (Å²) in [4.78, 5) is 2.88. The number of aromatic nitrogens is 1. The first-order valence-corrected chi connectivity index (χ1v) is 3.65. The fourth-order valence-corrected chi connectivity index (χ4v) is 0.927. The van der Waals surface area contributed by atoms with Gasteiger partial charge in [-0.2, -0.15) is 13.2 Å². The molecule has 6 heteroatoms. The van der Waals surface area contributed by atoms with E-state index < -0.39 is 41.3 Å². The van der Waals surface area contributed by atoms with Gasteiger partial charge >= 0.3 is 6.18 Å². The molecule has 0 fully saturated rings. The quantitative estimate of drug-likeness (QED) is 0.775. The second-order valence-electron chi connectivity index (χ2n) is 1.93. The Hall–Kier alpha value is -0.780. The maximum Gasteiger partial charge on any atom is 0.433 e. The SMILES string of the molecule is [2H]c1c(OC([2H])([2H])[2H])nc(C(F)(F)F)c([2H])c1Br. The van der Waals surface area contributed by atoms with Crippen molar-refractivity contribution in [2.24, 2.45) is 0 Å². The first-order valence-electron chi connectivity index (χ1n) is 5.36. The van der Waals surface area contributed by atoms with Gasteiger partial charge in [0.25, 0.3) is 0 Å². The molecule has 0 spiro atoms. The molecule has 13 heavy (non-hydrogen) atoms. The van der Waals surface area contributed by atoms with Crippen LogP contribution in [0.25, 0.3) is 0 Å². The van der Waals surface area contributed by atoms with Crippen LogP contribution < -0.4 is 4.74 Å². The van der Waals surface area contributed by atoms with Crippen LogP contribution in [0.4, 0.5) is 13.2 Å². The molecule has 72 valence electrons. The number of alkyl halides is 3. The summed E-state index contributed by atoms with van der Waals surface area (Å²) in [6.45, 7) is 0.